The Labute approximate surface area is 214 Å². The van der Waals surface area contributed by atoms with Crippen molar-refractivity contribution in [2.75, 3.05) is 51.3 Å². The van der Waals surface area contributed by atoms with E-state index in [1.54, 1.807) is 0 Å². The first-order valence-electron chi connectivity index (χ1n) is 13.5. The van der Waals surface area contributed by atoms with Crippen molar-refractivity contribution < 1.29 is 27.1 Å². The molecule has 3 aliphatic heterocycles. The lowest BCUT2D eigenvalue weighted by Gasteiger charge is -2.54. The zero-order valence-corrected chi connectivity index (χ0v) is 21.2. The van der Waals surface area contributed by atoms with E-state index in [4.69, 9.17) is 0 Å². The van der Waals surface area contributed by atoms with Crippen LogP contribution in [0.4, 0.5) is 27.6 Å². The van der Waals surface area contributed by atoms with Gasteiger partial charge >= 0.3 is 0 Å². The van der Waals surface area contributed by atoms with Gasteiger partial charge in [-0.15, -0.1) is 0 Å². The maximum Gasteiger partial charge on any atom is 0.283 e. The number of piperidine rings is 1. The molecule has 11 heteroatoms. The van der Waals surface area contributed by atoms with Gasteiger partial charge in [0.1, 0.15) is 18.2 Å². The number of nitrogens with zero attached hydrogens (tertiary/aromatic N) is 2. The highest BCUT2D eigenvalue weighted by atomic mass is 19.3. The van der Waals surface area contributed by atoms with E-state index >= 15 is 8.78 Å². The normalized spacial score (nSPS) is 33.2. The van der Waals surface area contributed by atoms with Crippen molar-refractivity contribution >= 4 is 5.69 Å². The van der Waals surface area contributed by atoms with Crippen LogP contribution in [-0.2, 0) is 0 Å². The first-order chi connectivity index (χ1) is 17.7. The lowest BCUT2D eigenvalue weighted by molar-refractivity contribution is -0.120. The predicted molar refractivity (Wildman–Crippen MR) is 131 cm³/mol. The zero-order chi connectivity index (χ0) is 26.3. The number of rotatable bonds is 9. The molecule has 6 nitrogen and oxygen atoms in total. The largest absolute Gasteiger partial charge is 0.390 e. The minimum absolute atomic E-state index is 0.0146. The predicted octanol–water partition coefficient (Wildman–Crippen LogP) is 3.30. The Kier molecular flexibility index (Phi) is 7.98. The molecular formula is C26H38F5N5O. The number of hydrogen-bond acceptors (Lipinski definition) is 6. The van der Waals surface area contributed by atoms with Crippen molar-refractivity contribution in [3.8, 4) is 0 Å². The quantitative estimate of drug-likeness (QED) is 0.367. The first-order valence-corrected chi connectivity index (χ1v) is 13.5. The van der Waals surface area contributed by atoms with E-state index in [9.17, 15) is 18.3 Å². The van der Waals surface area contributed by atoms with E-state index < -0.39 is 36.8 Å². The average Bonchev–Trinajstić information content (AvgIpc) is 3.31. The third-order valence-electron chi connectivity index (χ3n) is 8.95. The zero-order valence-electron chi connectivity index (χ0n) is 21.2. The van der Waals surface area contributed by atoms with Gasteiger partial charge in [0.25, 0.3) is 5.92 Å². The maximum atomic E-state index is 15.7. The number of aliphatic hydroxyl groups excluding tert-OH is 1. The second-order valence-electron chi connectivity index (χ2n) is 11.4. The van der Waals surface area contributed by atoms with Crippen LogP contribution < -0.4 is 16.2 Å². The summed E-state index contributed by atoms with van der Waals surface area (Å²) >= 11 is 0. The van der Waals surface area contributed by atoms with Crippen molar-refractivity contribution in [2.24, 2.45) is 17.8 Å². The second kappa shape index (κ2) is 10.9. The maximum absolute atomic E-state index is 15.7. The molecule has 0 bridgehead atoms. The van der Waals surface area contributed by atoms with Gasteiger partial charge in [0, 0.05) is 55.6 Å². The molecule has 208 valence electrons. The van der Waals surface area contributed by atoms with Gasteiger partial charge in [-0.05, 0) is 62.5 Å². The summed E-state index contributed by atoms with van der Waals surface area (Å²) in [6.45, 7) is 2.14. The number of halogens is 5. The van der Waals surface area contributed by atoms with E-state index in [0.717, 1.165) is 13.0 Å². The summed E-state index contributed by atoms with van der Waals surface area (Å²) in [6, 6.07) is 1.65. The molecule has 4 aliphatic rings. The fourth-order valence-electron chi connectivity index (χ4n) is 7.25. The Morgan fingerprint density at radius 2 is 1.84 bits per heavy atom. The highest BCUT2D eigenvalue weighted by Gasteiger charge is 2.53. The first kappa shape index (κ1) is 27.1. The lowest BCUT2D eigenvalue weighted by Crippen LogP contribution is -2.57. The Balaban J connectivity index is 1.41. The molecule has 4 N–H and O–H groups in total. The van der Waals surface area contributed by atoms with Gasteiger partial charge in [-0.3, -0.25) is 25.0 Å². The van der Waals surface area contributed by atoms with Crippen LogP contribution in [0.25, 0.3) is 0 Å². The second-order valence-corrected chi connectivity index (χ2v) is 11.4. The van der Waals surface area contributed by atoms with Gasteiger partial charge < -0.3 is 10.4 Å². The molecule has 1 aromatic carbocycles. The van der Waals surface area contributed by atoms with E-state index in [0.29, 0.717) is 44.6 Å². The Bertz CT molecular complexity index is 925. The molecule has 4 fully saturated rings. The fourth-order valence-corrected chi connectivity index (χ4v) is 7.25. The van der Waals surface area contributed by atoms with Gasteiger partial charge in [-0.2, -0.15) is 0 Å². The van der Waals surface area contributed by atoms with Gasteiger partial charge in [-0.25, -0.2) is 17.6 Å². The monoisotopic (exact) mass is 531 g/mol. The van der Waals surface area contributed by atoms with Gasteiger partial charge in [0.05, 0.1) is 19.3 Å². The summed E-state index contributed by atoms with van der Waals surface area (Å²) in [5.74, 6) is -4.61. The molecule has 37 heavy (non-hydrogen) atoms. The van der Waals surface area contributed by atoms with Crippen LogP contribution >= 0.6 is 0 Å². The van der Waals surface area contributed by atoms with E-state index in [1.165, 1.54) is 17.0 Å². The molecule has 0 radical (unpaired) electrons. The molecule has 0 amide bonds. The number of hydrogen-bond donors (Lipinski definition) is 4. The molecule has 0 spiro atoms. The summed E-state index contributed by atoms with van der Waals surface area (Å²) in [4.78, 5) is 3.60. The number of aliphatic hydroxyl groups is 1. The number of fused-ring (bicyclic) bond motifs is 3. The Morgan fingerprint density at radius 3 is 2.51 bits per heavy atom. The molecule has 3 heterocycles. The van der Waals surface area contributed by atoms with Crippen molar-refractivity contribution in [3.63, 3.8) is 0 Å². The van der Waals surface area contributed by atoms with Crippen LogP contribution in [0, 0.1) is 29.4 Å². The van der Waals surface area contributed by atoms with Crippen LogP contribution in [-0.4, -0.2) is 85.0 Å². The molecule has 6 atom stereocenters. The third kappa shape index (κ3) is 5.48. The van der Waals surface area contributed by atoms with Gasteiger partial charge in [0.2, 0.25) is 0 Å². The standard InChI is InChI=1S/C26H38F5N5O/c1-15-7-19-18(3-4-23-20(19)10-32-34-23)25(36(15)13-26(30,31)14-37)24-21(28)8-16(9-22(24)29)33-17-11-35(12-17)6-2-5-27/h8-9,15,17-20,23,25,32-34,37H,2-7,10-14H2,1H3/t15-,18?,19?,20?,23?,25+/m1/s1. The van der Waals surface area contributed by atoms with Crippen LogP contribution in [0.3, 0.4) is 0 Å². The topological polar surface area (TPSA) is 62.8 Å². The van der Waals surface area contributed by atoms with E-state index in [1.807, 2.05) is 6.92 Å². The Hall–Kier alpha value is -1.53. The lowest BCUT2D eigenvalue weighted by atomic mass is 9.61. The molecular weight excluding hydrogens is 493 g/mol. The summed E-state index contributed by atoms with van der Waals surface area (Å²) in [6.07, 6.45) is 2.61. The summed E-state index contributed by atoms with van der Waals surface area (Å²) in [5, 5.41) is 12.4. The molecule has 0 aromatic heterocycles. The molecule has 1 saturated carbocycles. The minimum atomic E-state index is -3.38. The summed E-state index contributed by atoms with van der Waals surface area (Å²) in [7, 11) is 0. The SMILES string of the molecule is C[C@@H]1CC2C3CNNC3CCC2[C@@H](c2c(F)cc(NC3CN(CCCF)C3)cc2F)N1CC(F)(F)CO. The smallest absolute Gasteiger partial charge is 0.283 e. The van der Waals surface area contributed by atoms with Crippen LogP contribution in [0.2, 0.25) is 0 Å². The van der Waals surface area contributed by atoms with Crippen molar-refractivity contribution in [2.45, 2.75) is 62.7 Å². The highest BCUT2D eigenvalue weighted by Crippen LogP contribution is 2.53. The molecule has 4 unspecified atom stereocenters. The number of likely N-dealkylation sites (tertiary alicyclic amines) is 2. The molecule has 5 rings (SSSR count). The van der Waals surface area contributed by atoms with Gasteiger partial charge in [-0.1, -0.05) is 0 Å². The molecule has 1 aliphatic carbocycles. The van der Waals surface area contributed by atoms with Crippen molar-refractivity contribution in [3.05, 3.63) is 29.3 Å². The highest BCUT2D eigenvalue weighted by molar-refractivity contribution is 5.48. The van der Waals surface area contributed by atoms with Crippen LogP contribution in [0.1, 0.15) is 44.2 Å². The van der Waals surface area contributed by atoms with Crippen molar-refractivity contribution in [1.82, 2.24) is 20.7 Å². The number of alkyl halides is 3. The number of anilines is 1. The summed E-state index contributed by atoms with van der Waals surface area (Å²) in [5.41, 5.74) is 6.66. The number of benzene rings is 1. The Morgan fingerprint density at radius 1 is 1.11 bits per heavy atom. The van der Waals surface area contributed by atoms with E-state index in [2.05, 4.69) is 21.1 Å². The van der Waals surface area contributed by atoms with Crippen LogP contribution in [0.5, 0.6) is 0 Å². The molecule has 3 saturated heterocycles. The summed E-state index contributed by atoms with van der Waals surface area (Å²) < 4.78 is 72.8. The minimum Gasteiger partial charge on any atom is -0.390 e. The average molecular weight is 532 g/mol. The van der Waals surface area contributed by atoms with Crippen LogP contribution in [0.15, 0.2) is 12.1 Å². The number of nitrogens with one attached hydrogen (secondary N) is 3. The van der Waals surface area contributed by atoms with Gasteiger partial charge in [0.15, 0.2) is 0 Å². The number of hydrazine groups is 1. The molecule has 1 aromatic rings. The fraction of sp³-hybridized carbons (Fsp3) is 0.769. The van der Waals surface area contributed by atoms with Crippen molar-refractivity contribution in [1.29, 1.82) is 0 Å². The van der Waals surface area contributed by atoms with E-state index in [-0.39, 0.29) is 48.1 Å². The third-order valence-corrected chi connectivity index (χ3v) is 8.95.